The van der Waals surface area contributed by atoms with Crippen molar-refractivity contribution < 1.29 is 4.57 Å². The van der Waals surface area contributed by atoms with Gasteiger partial charge in [0.1, 0.15) is 11.4 Å². The van der Waals surface area contributed by atoms with Crippen LogP contribution in [0, 0.1) is 6.92 Å². The van der Waals surface area contributed by atoms with Crippen molar-refractivity contribution in [2.75, 3.05) is 0 Å². The lowest BCUT2D eigenvalue weighted by atomic mass is 10.3. The average Bonchev–Trinajstić information content (AvgIpc) is 2.49. The first kappa shape index (κ1) is 13.1. The summed E-state index contributed by atoms with van der Waals surface area (Å²) in [7, 11) is 0. The fourth-order valence-electron chi connectivity index (χ4n) is 2.36. The average molecular weight is 280 g/mol. The van der Waals surface area contributed by atoms with Crippen LogP contribution < -0.4 is 15.9 Å². The van der Waals surface area contributed by atoms with Crippen molar-refractivity contribution in [2.24, 2.45) is 0 Å². The number of rotatable bonds is 2. The Labute approximate surface area is 120 Å². The molecule has 0 atom stereocenters. The molecular weight excluding hydrogens is 266 g/mol. The normalized spacial score (nSPS) is 10.5. The third kappa shape index (κ3) is 2.29. The molecule has 0 aliphatic heterocycles. The zero-order chi connectivity index (χ0) is 14.8. The first-order valence-electron chi connectivity index (χ1n) is 6.57. The fourth-order valence-corrected chi connectivity index (χ4v) is 2.36. The summed E-state index contributed by atoms with van der Waals surface area (Å²) in [4.78, 5) is 26.6. The summed E-state index contributed by atoms with van der Waals surface area (Å²) in [6.45, 7) is 1.75. The van der Waals surface area contributed by atoms with E-state index in [9.17, 15) is 9.59 Å². The largest absolute Gasteiger partial charge is 0.451 e. The van der Waals surface area contributed by atoms with E-state index in [4.69, 9.17) is 0 Å². The highest BCUT2D eigenvalue weighted by atomic mass is 16.2. The van der Waals surface area contributed by atoms with E-state index >= 15 is 0 Å². The first-order valence-corrected chi connectivity index (χ1v) is 6.57. The number of benzene rings is 2. The smallest absolute Gasteiger partial charge is 0.212 e. The molecule has 0 radical (unpaired) electrons. The van der Waals surface area contributed by atoms with E-state index in [-0.39, 0.29) is 0 Å². The van der Waals surface area contributed by atoms with Crippen molar-refractivity contribution in [1.29, 1.82) is 0 Å². The van der Waals surface area contributed by atoms with Crippen LogP contribution in [0.25, 0.3) is 11.4 Å². The van der Waals surface area contributed by atoms with Crippen molar-refractivity contribution in [3.63, 3.8) is 0 Å². The van der Waals surface area contributed by atoms with Crippen molar-refractivity contribution in [3.05, 3.63) is 87.5 Å². The molecule has 0 spiro atoms. The Morgan fingerprint density at radius 1 is 0.905 bits per heavy atom. The van der Waals surface area contributed by atoms with Gasteiger partial charge in [-0.15, -0.1) is 0 Å². The number of para-hydroxylation sites is 2. The topological polar surface area (TPSA) is 58.7 Å². The number of aromatic amines is 1. The zero-order valence-corrected chi connectivity index (χ0v) is 11.5. The van der Waals surface area contributed by atoms with Crippen LogP contribution in [0.1, 0.15) is 5.82 Å². The van der Waals surface area contributed by atoms with Gasteiger partial charge in [-0.2, -0.15) is 14.1 Å². The number of hydrogen-bond donors (Lipinski definition) is 1. The second kappa shape index (κ2) is 5.20. The second-order valence-corrected chi connectivity index (χ2v) is 4.62. The summed E-state index contributed by atoms with van der Waals surface area (Å²) < 4.78 is 2.96. The zero-order valence-electron chi connectivity index (χ0n) is 11.5. The Balaban J connectivity index is 2.34. The van der Waals surface area contributed by atoms with Gasteiger partial charge in [0.05, 0.1) is 0 Å². The molecule has 1 aromatic heterocycles. The maximum Gasteiger partial charge on any atom is 0.451 e. The van der Waals surface area contributed by atoms with E-state index in [1.54, 1.807) is 6.92 Å². The number of nitrogens with zero attached hydrogens (tertiary/aromatic N) is 2. The van der Waals surface area contributed by atoms with E-state index in [1.165, 1.54) is 9.13 Å². The van der Waals surface area contributed by atoms with Crippen LogP contribution in [0.15, 0.2) is 70.3 Å². The lowest BCUT2D eigenvalue weighted by Crippen LogP contribution is -2.57. The quantitative estimate of drug-likeness (QED) is 0.715. The molecule has 1 N–H and O–H groups in total. The predicted molar refractivity (Wildman–Crippen MR) is 78.9 cm³/mol. The molecule has 21 heavy (non-hydrogen) atoms. The Morgan fingerprint density at radius 3 is 2.10 bits per heavy atom. The molecule has 1 heterocycles. The highest BCUT2D eigenvalue weighted by Gasteiger charge is 2.19. The van der Waals surface area contributed by atoms with Gasteiger partial charge in [-0.1, -0.05) is 36.4 Å². The maximum atomic E-state index is 12.1. The van der Waals surface area contributed by atoms with Crippen molar-refractivity contribution in [2.45, 2.75) is 6.92 Å². The van der Waals surface area contributed by atoms with Crippen molar-refractivity contribution in [1.82, 2.24) is 9.55 Å². The van der Waals surface area contributed by atoms with Crippen molar-refractivity contribution >= 4 is 0 Å². The second-order valence-electron chi connectivity index (χ2n) is 4.62. The van der Waals surface area contributed by atoms with Crippen LogP contribution in [-0.4, -0.2) is 9.55 Å². The molecule has 2 aromatic carbocycles. The van der Waals surface area contributed by atoms with Crippen LogP contribution in [0.2, 0.25) is 0 Å². The molecule has 0 unspecified atom stereocenters. The van der Waals surface area contributed by atoms with Crippen molar-refractivity contribution in [3.8, 4) is 11.4 Å². The minimum atomic E-state index is -0.448. The molecule has 0 saturated carbocycles. The van der Waals surface area contributed by atoms with Gasteiger partial charge in [-0.3, -0.25) is 0 Å². The summed E-state index contributed by atoms with van der Waals surface area (Å²) in [5, 5.41) is 0. The predicted octanol–water partition coefficient (Wildman–Crippen LogP) is 1.11. The standard InChI is InChI=1S/C16H13N3O2/c1-12-18(13-8-4-2-5-9-13)15(20)17-16(21)19(12)14-10-6-3-7-11-14/h2-11H,1H3/p+1. The Kier molecular flexibility index (Phi) is 3.23. The molecule has 0 aliphatic rings. The molecule has 5 nitrogen and oxygen atoms in total. The minimum Gasteiger partial charge on any atom is -0.212 e. The molecule has 3 aromatic rings. The molecule has 104 valence electrons. The van der Waals surface area contributed by atoms with Crippen LogP contribution in [0.4, 0.5) is 0 Å². The first-order chi connectivity index (χ1) is 10.2. The summed E-state index contributed by atoms with van der Waals surface area (Å²) in [5.41, 5.74) is 0.522. The Hall–Kier alpha value is -2.95. The van der Waals surface area contributed by atoms with Crippen LogP contribution in [-0.2, 0) is 0 Å². The van der Waals surface area contributed by atoms with Gasteiger partial charge in [0.2, 0.25) is 5.82 Å². The number of aromatic nitrogens is 3. The molecule has 5 heteroatoms. The SMILES string of the molecule is Cc1n(-c2ccccc2)c(=O)[nH]c(=O)[n+]1-c1ccccc1. The maximum absolute atomic E-state index is 12.1. The summed E-state index contributed by atoms with van der Waals surface area (Å²) in [5.74, 6) is 0.543. The van der Waals surface area contributed by atoms with E-state index in [2.05, 4.69) is 4.98 Å². The van der Waals surface area contributed by atoms with E-state index in [0.717, 1.165) is 0 Å². The van der Waals surface area contributed by atoms with E-state index in [0.29, 0.717) is 17.2 Å². The van der Waals surface area contributed by atoms with Gasteiger partial charge < -0.3 is 0 Å². The molecule has 0 amide bonds. The van der Waals surface area contributed by atoms with E-state index < -0.39 is 11.4 Å². The molecule has 0 fully saturated rings. The lowest BCUT2D eigenvalue weighted by Gasteiger charge is -2.08. The summed E-state index contributed by atoms with van der Waals surface area (Å²) in [6.07, 6.45) is 0. The molecule has 0 bridgehead atoms. The summed E-state index contributed by atoms with van der Waals surface area (Å²) >= 11 is 0. The van der Waals surface area contributed by atoms with Gasteiger partial charge in [0, 0.05) is 6.92 Å². The van der Waals surface area contributed by atoms with Gasteiger partial charge >= 0.3 is 11.4 Å². The molecule has 0 aliphatic carbocycles. The third-order valence-electron chi connectivity index (χ3n) is 3.30. The minimum absolute atomic E-state index is 0.448. The van der Waals surface area contributed by atoms with Crippen LogP contribution >= 0.6 is 0 Å². The van der Waals surface area contributed by atoms with Gasteiger partial charge in [0.25, 0.3) is 0 Å². The number of H-pyrrole nitrogens is 1. The molecule has 0 saturated heterocycles. The third-order valence-corrected chi connectivity index (χ3v) is 3.30. The van der Waals surface area contributed by atoms with Gasteiger partial charge in [-0.25, -0.2) is 9.59 Å². The number of hydrogen-bond acceptors (Lipinski definition) is 2. The highest BCUT2D eigenvalue weighted by molar-refractivity contribution is 5.31. The number of nitrogens with one attached hydrogen (secondary N) is 1. The summed E-state index contributed by atoms with van der Waals surface area (Å²) in [6, 6.07) is 18.4. The van der Waals surface area contributed by atoms with Gasteiger partial charge in [-0.05, 0) is 24.3 Å². The Morgan fingerprint density at radius 2 is 1.48 bits per heavy atom. The lowest BCUT2D eigenvalue weighted by molar-refractivity contribution is -0.627. The fraction of sp³-hybridized carbons (Fsp3) is 0.0625. The molecule has 3 rings (SSSR count). The van der Waals surface area contributed by atoms with Crippen LogP contribution in [0.3, 0.4) is 0 Å². The monoisotopic (exact) mass is 280 g/mol. The highest BCUT2D eigenvalue weighted by Crippen LogP contribution is 2.05. The molecular formula is C16H14N3O2+. The van der Waals surface area contributed by atoms with E-state index in [1.807, 2.05) is 60.7 Å². The van der Waals surface area contributed by atoms with Gasteiger partial charge in [0.15, 0.2) is 0 Å². The Bertz CT molecular complexity index is 809. The van der Waals surface area contributed by atoms with Crippen LogP contribution in [0.5, 0.6) is 0 Å².